The Kier molecular flexibility index (Phi) is 5.61. The van der Waals surface area contributed by atoms with Crippen molar-refractivity contribution >= 4 is 27.5 Å². The van der Waals surface area contributed by atoms with Gasteiger partial charge in [-0.15, -0.1) is 0 Å². The first kappa shape index (κ1) is 16.6. The van der Waals surface area contributed by atoms with Gasteiger partial charge in [0.2, 0.25) is 0 Å². The highest BCUT2D eigenvalue weighted by Gasteiger charge is 2.10. The van der Waals surface area contributed by atoms with Gasteiger partial charge in [-0.3, -0.25) is 4.79 Å². The zero-order chi connectivity index (χ0) is 16.1. The van der Waals surface area contributed by atoms with Gasteiger partial charge in [-0.1, -0.05) is 24.6 Å². The second-order valence-electron chi connectivity index (χ2n) is 5.27. The maximum Gasteiger partial charge on any atom is 0.255 e. The average Bonchev–Trinajstić information content (AvgIpc) is 2.48. The number of nitrogens with one attached hydrogen (secondary N) is 1. The van der Waals surface area contributed by atoms with E-state index < -0.39 is 0 Å². The first-order valence-electron chi connectivity index (χ1n) is 7.32. The molecule has 2 rings (SSSR count). The van der Waals surface area contributed by atoms with Crippen molar-refractivity contribution in [1.29, 1.82) is 0 Å². The molecular weight excluding hydrogens is 342 g/mol. The second-order valence-corrected chi connectivity index (χ2v) is 6.12. The molecule has 0 fully saturated rings. The lowest BCUT2D eigenvalue weighted by Gasteiger charge is -2.11. The molecule has 0 saturated heterocycles. The normalized spacial score (nSPS) is 10.4. The summed E-state index contributed by atoms with van der Waals surface area (Å²) in [6.45, 7) is 6.73. The van der Waals surface area contributed by atoms with Crippen LogP contribution in [0.1, 0.15) is 34.8 Å². The van der Waals surface area contributed by atoms with Gasteiger partial charge in [0, 0.05) is 11.3 Å². The Labute approximate surface area is 139 Å². The molecule has 0 unspecified atom stereocenters. The summed E-state index contributed by atoms with van der Waals surface area (Å²) in [4.78, 5) is 12.4. The van der Waals surface area contributed by atoms with Crippen molar-refractivity contribution in [3.05, 3.63) is 57.6 Å². The van der Waals surface area contributed by atoms with E-state index in [1.54, 1.807) is 12.1 Å². The molecule has 0 aliphatic carbocycles. The Morgan fingerprint density at radius 3 is 2.59 bits per heavy atom. The maximum absolute atomic E-state index is 12.4. The van der Waals surface area contributed by atoms with Crippen LogP contribution in [-0.4, -0.2) is 12.5 Å². The van der Waals surface area contributed by atoms with E-state index in [0.29, 0.717) is 12.2 Å². The molecule has 3 nitrogen and oxygen atoms in total. The van der Waals surface area contributed by atoms with Crippen LogP contribution in [0.4, 0.5) is 5.69 Å². The summed E-state index contributed by atoms with van der Waals surface area (Å²) in [5, 5.41) is 2.94. The third-order valence-electron chi connectivity index (χ3n) is 3.29. The van der Waals surface area contributed by atoms with Gasteiger partial charge < -0.3 is 10.1 Å². The molecule has 0 saturated carbocycles. The van der Waals surface area contributed by atoms with Crippen LogP contribution in [0.3, 0.4) is 0 Å². The van der Waals surface area contributed by atoms with Crippen molar-refractivity contribution in [3.63, 3.8) is 0 Å². The minimum Gasteiger partial charge on any atom is -0.492 e. The van der Waals surface area contributed by atoms with E-state index in [9.17, 15) is 4.79 Å². The number of rotatable bonds is 5. The third kappa shape index (κ3) is 4.10. The van der Waals surface area contributed by atoms with Gasteiger partial charge >= 0.3 is 0 Å². The number of halogens is 1. The van der Waals surface area contributed by atoms with Crippen molar-refractivity contribution in [2.75, 3.05) is 11.9 Å². The highest BCUT2D eigenvalue weighted by molar-refractivity contribution is 9.10. The molecule has 4 heteroatoms. The minimum absolute atomic E-state index is 0.130. The number of benzene rings is 2. The molecule has 0 bridgehead atoms. The largest absolute Gasteiger partial charge is 0.492 e. The van der Waals surface area contributed by atoms with E-state index in [-0.39, 0.29) is 5.91 Å². The number of ether oxygens (including phenoxy) is 1. The standard InChI is InChI=1S/C18H20BrNO2/c1-4-9-22-17-8-6-14(11-15(17)19)18(21)20-16-7-5-12(2)10-13(16)3/h5-8,10-11H,4,9H2,1-3H3,(H,20,21). The summed E-state index contributed by atoms with van der Waals surface area (Å²) >= 11 is 3.45. The summed E-state index contributed by atoms with van der Waals surface area (Å²) in [5.41, 5.74) is 3.65. The van der Waals surface area contributed by atoms with Gasteiger partial charge in [-0.25, -0.2) is 0 Å². The number of aryl methyl sites for hydroxylation is 2. The fourth-order valence-corrected chi connectivity index (χ4v) is 2.61. The van der Waals surface area contributed by atoms with Crippen molar-refractivity contribution in [2.45, 2.75) is 27.2 Å². The van der Waals surface area contributed by atoms with Crippen LogP contribution < -0.4 is 10.1 Å². The maximum atomic E-state index is 12.4. The number of hydrogen-bond acceptors (Lipinski definition) is 2. The highest BCUT2D eigenvalue weighted by atomic mass is 79.9. The fraction of sp³-hybridized carbons (Fsp3) is 0.278. The summed E-state index contributed by atoms with van der Waals surface area (Å²) in [6, 6.07) is 11.3. The van der Waals surface area contributed by atoms with Crippen LogP contribution in [0.15, 0.2) is 40.9 Å². The first-order valence-corrected chi connectivity index (χ1v) is 8.11. The van der Waals surface area contributed by atoms with E-state index in [4.69, 9.17) is 4.74 Å². The molecule has 0 heterocycles. The molecule has 2 aromatic rings. The summed E-state index contributed by atoms with van der Waals surface area (Å²) in [7, 11) is 0. The molecule has 0 aromatic heterocycles. The van der Waals surface area contributed by atoms with E-state index in [1.165, 1.54) is 5.56 Å². The Morgan fingerprint density at radius 2 is 1.95 bits per heavy atom. The van der Waals surface area contributed by atoms with Gasteiger partial charge in [0.1, 0.15) is 5.75 Å². The van der Waals surface area contributed by atoms with E-state index in [2.05, 4.69) is 28.2 Å². The molecule has 0 aliphatic rings. The van der Waals surface area contributed by atoms with E-state index >= 15 is 0 Å². The monoisotopic (exact) mass is 361 g/mol. The predicted octanol–water partition coefficient (Wildman–Crippen LogP) is 5.11. The van der Waals surface area contributed by atoms with Crippen molar-refractivity contribution in [1.82, 2.24) is 0 Å². The number of carbonyl (C=O) groups excluding carboxylic acids is 1. The Balaban J connectivity index is 2.14. The molecular formula is C18H20BrNO2. The number of hydrogen-bond donors (Lipinski definition) is 1. The summed E-state index contributed by atoms with van der Waals surface area (Å²) in [5.74, 6) is 0.625. The van der Waals surface area contributed by atoms with Gasteiger partial charge in [0.05, 0.1) is 11.1 Å². The Bertz CT molecular complexity index is 683. The summed E-state index contributed by atoms with van der Waals surface area (Å²) in [6.07, 6.45) is 0.946. The fourth-order valence-electron chi connectivity index (χ4n) is 2.12. The topological polar surface area (TPSA) is 38.3 Å². The van der Waals surface area contributed by atoms with Crippen LogP contribution in [0.25, 0.3) is 0 Å². The Hall–Kier alpha value is -1.81. The van der Waals surface area contributed by atoms with Gasteiger partial charge in [-0.05, 0) is 66.0 Å². The third-order valence-corrected chi connectivity index (χ3v) is 3.91. The van der Waals surface area contributed by atoms with Gasteiger partial charge in [0.15, 0.2) is 0 Å². The molecule has 2 aromatic carbocycles. The van der Waals surface area contributed by atoms with E-state index in [1.807, 2.05) is 38.1 Å². The van der Waals surface area contributed by atoms with Crippen LogP contribution >= 0.6 is 15.9 Å². The van der Waals surface area contributed by atoms with E-state index in [0.717, 1.165) is 27.9 Å². The smallest absolute Gasteiger partial charge is 0.255 e. The predicted molar refractivity (Wildman–Crippen MR) is 93.8 cm³/mol. The minimum atomic E-state index is -0.130. The molecule has 1 N–H and O–H groups in total. The zero-order valence-corrected chi connectivity index (χ0v) is 14.7. The molecule has 0 aliphatic heterocycles. The van der Waals surface area contributed by atoms with Crippen molar-refractivity contribution in [2.24, 2.45) is 0 Å². The lowest BCUT2D eigenvalue weighted by Crippen LogP contribution is -2.13. The van der Waals surface area contributed by atoms with Crippen LogP contribution in [0.5, 0.6) is 5.75 Å². The molecule has 0 spiro atoms. The molecule has 0 radical (unpaired) electrons. The van der Waals surface area contributed by atoms with Crippen molar-refractivity contribution in [3.8, 4) is 5.75 Å². The van der Waals surface area contributed by atoms with Gasteiger partial charge in [-0.2, -0.15) is 0 Å². The molecule has 1 amide bonds. The van der Waals surface area contributed by atoms with Crippen LogP contribution in [0.2, 0.25) is 0 Å². The first-order chi connectivity index (χ1) is 10.5. The summed E-state index contributed by atoms with van der Waals surface area (Å²) < 4.78 is 6.38. The van der Waals surface area contributed by atoms with Crippen molar-refractivity contribution < 1.29 is 9.53 Å². The number of anilines is 1. The number of carbonyl (C=O) groups is 1. The SMILES string of the molecule is CCCOc1ccc(C(=O)Nc2ccc(C)cc2C)cc1Br. The molecule has 22 heavy (non-hydrogen) atoms. The van der Waals surface area contributed by atoms with Gasteiger partial charge in [0.25, 0.3) is 5.91 Å². The Morgan fingerprint density at radius 1 is 1.18 bits per heavy atom. The average molecular weight is 362 g/mol. The van der Waals surface area contributed by atoms with Crippen LogP contribution in [0, 0.1) is 13.8 Å². The van der Waals surface area contributed by atoms with Crippen LogP contribution in [-0.2, 0) is 0 Å². The molecule has 116 valence electrons. The zero-order valence-electron chi connectivity index (χ0n) is 13.1. The molecule has 0 atom stereocenters. The lowest BCUT2D eigenvalue weighted by atomic mass is 10.1. The lowest BCUT2D eigenvalue weighted by molar-refractivity contribution is 0.102. The second kappa shape index (κ2) is 7.45. The number of amides is 1. The highest BCUT2D eigenvalue weighted by Crippen LogP contribution is 2.27. The quantitative estimate of drug-likeness (QED) is 0.803.